The highest BCUT2D eigenvalue weighted by Gasteiger charge is 2.46. The minimum absolute atomic E-state index is 0.103. The fourth-order valence-corrected chi connectivity index (χ4v) is 5.32. The molecule has 15 nitrogen and oxygen atoms in total. The Morgan fingerprint density at radius 1 is 1.06 bits per heavy atom. The van der Waals surface area contributed by atoms with Crippen molar-refractivity contribution < 1.29 is 47.6 Å². The Balaban J connectivity index is 1.56. The SMILES string of the molecule is O=c1ccn([C@@H]2O[C@H](COP(=O)(O)OP(=O)(O)O)[C@H](O)[C@@H]2O)c(=O)n1Cc1c[nH]c2ccccc12. The number of fused-ring (bicyclic) bond motifs is 1. The molecule has 0 saturated carbocycles. The summed E-state index contributed by atoms with van der Waals surface area (Å²) in [5.74, 6) is 0. The van der Waals surface area contributed by atoms with Crippen LogP contribution in [0.3, 0.4) is 0 Å². The van der Waals surface area contributed by atoms with E-state index in [1.165, 1.54) is 0 Å². The van der Waals surface area contributed by atoms with E-state index in [4.69, 9.17) is 14.5 Å². The van der Waals surface area contributed by atoms with Gasteiger partial charge in [-0.2, -0.15) is 4.31 Å². The Morgan fingerprint density at radius 3 is 2.49 bits per heavy atom. The topological polar surface area (TPSA) is 223 Å². The number of para-hydroxylation sites is 1. The van der Waals surface area contributed by atoms with Gasteiger partial charge in [0.25, 0.3) is 5.56 Å². The molecule has 5 atom stereocenters. The van der Waals surface area contributed by atoms with Gasteiger partial charge in [-0.15, -0.1) is 0 Å². The molecule has 6 N–H and O–H groups in total. The molecule has 2 aromatic heterocycles. The average Bonchev–Trinajstić information content (AvgIpc) is 3.30. The van der Waals surface area contributed by atoms with Crippen LogP contribution in [0, 0.1) is 0 Å². The van der Waals surface area contributed by atoms with E-state index in [2.05, 4.69) is 13.8 Å². The smallest absolute Gasteiger partial charge is 0.387 e. The van der Waals surface area contributed by atoms with Crippen molar-refractivity contribution in [2.24, 2.45) is 0 Å². The van der Waals surface area contributed by atoms with Gasteiger partial charge < -0.3 is 34.6 Å². The molecule has 0 radical (unpaired) electrons. The Bertz CT molecular complexity index is 1440. The summed E-state index contributed by atoms with van der Waals surface area (Å²) in [6.07, 6.45) is -3.73. The summed E-state index contributed by atoms with van der Waals surface area (Å²) in [6.45, 7) is -1.03. The van der Waals surface area contributed by atoms with E-state index in [9.17, 15) is 33.8 Å². The van der Waals surface area contributed by atoms with E-state index in [1.807, 2.05) is 18.2 Å². The lowest BCUT2D eigenvalue weighted by Gasteiger charge is -2.19. The quantitative estimate of drug-likeness (QED) is 0.200. The van der Waals surface area contributed by atoms with Gasteiger partial charge in [-0.3, -0.25) is 18.5 Å². The first-order valence-electron chi connectivity index (χ1n) is 9.99. The maximum atomic E-state index is 13.1. The number of aliphatic hydroxyl groups excluding tert-OH is 2. The molecule has 0 spiro atoms. The lowest BCUT2D eigenvalue weighted by atomic mass is 10.1. The monoisotopic (exact) mass is 533 g/mol. The third-order valence-corrected chi connectivity index (χ3v) is 7.47. The molecular formula is C18H21N3O12P2. The number of hydrogen-bond donors (Lipinski definition) is 6. The van der Waals surface area contributed by atoms with Crippen LogP contribution in [-0.4, -0.2) is 63.9 Å². The normalized spacial score (nSPS) is 24.6. The molecule has 1 aliphatic rings. The van der Waals surface area contributed by atoms with Gasteiger partial charge >= 0.3 is 21.3 Å². The van der Waals surface area contributed by atoms with E-state index in [0.29, 0.717) is 5.56 Å². The molecule has 1 unspecified atom stereocenters. The van der Waals surface area contributed by atoms with Crippen LogP contribution in [-0.2, 0) is 29.2 Å². The molecule has 1 aromatic carbocycles. The third kappa shape index (κ3) is 5.55. The maximum absolute atomic E-state index is 13.1. The van der Waals surface area contributed by atoms with Gasteiger partial charge in [0.05, 0.1) is 13.2 Å². The number of H-pyrrole nitrogens is 1. The molecule has 1 saturated heterocycles. The molecule has 0 aliphatic carbocycles. The number of hydrogen-bond acceptors (Lipinski definition) is 9. The van der Waals surface area contributed by atoms with Gasteiger partial charge in [0.2, 0.25) is 0 Å². The molecule has 4 rings (SSSR count). The lowest BCUT2D eigenvalue weighted by Crippen LogP contribution is -2.43. The van der Waals surface area contributed by atoms with Crippen molar-refractivity contribution in [3.8, 4) is 0 Å². The number of aromatic nitrogens is 3. The van der Waals surface area contributed by atoms with Crippen LogP contribution < -0.4 is 11.2 Å². The Labute approximate surface area is 195 Å². The van der Waals surface area contributed by atoms with E-state index in [0.717, 1.165) is 32.3 Å². The number of aliphatic hydroxyl groups is 2. The third-order valence-electron chi connectivity index (χ3n) is 5.32. The van der Waals surface area contributed by atoms with Crippen LogP contribution in [0.15, 0.2) is 52.3 Å². The van der Waals surface area contributed by atoms with Crippen molar-refractivity contribution in [2.75, 3.05) is 6.61 Å². The fraction of sp³-hybridized carbons (Fsp3) is 0.333. The highest BCUT2D eigenvalue weighted by Crippen LogP contribution is 2.57. The van der Waals surface area contributed by atoms with Gasteiger partial charge in [0.1, 0.15) is 18.3 Å². The van der Waals surface area contributed by atoms with E-state index in [1.54, 1.807) is 12.3 Å². The van der Waals surface area contributed by atoms with Crippen LogP contribution >= 0.6 is 15.6 Å². The molecule has 0 amide bonds. The highest BCUT2D eigenvalue weighted by molar-refractivity contribution is 7.60. The van der Waals surface area contributed by atoms with Crippen molar-refractivity contribution >= 4 is 26.5 Å². The predicted octanol–water partition coefficient (Wildman–Crippen LogP) is -0.615. The number of nitrogens with one attached hydrogen (secondary N) is 1. The van der Waals surface area contributed by atoms with E-state index >= 15 is 0 Å². The van der Waals surface area contributed by atoms with Gasteiger partial charge in [-0.05, 0) is 11.6 Å². The van der Waals surface area contributed by atoms with Crippen molar-refractivity contribution in [1.82, 2.24) is 14.1 Å². The van der Waals surface area contributed by atoms with Gasteiger partial charge in [0.15, 0.2) is 6.23 Å². The highest BCUT2D eigenvalue weighted by atomic mass is 31.3. The van der Waals surface area contributed by atoms with Crippen LogP contribution in [0.2, 0.25) is 0 Å². The predicted molar refractivity (Wildman–Crippen MR) is 117 cm³/mol. The van der Waals surface area contributed by atoms with Crippen LogP contribution in [0.1, 0.15) is 11.8 Å². The van der Waals surface area contributed by atoms with Gasteiger partial charge in [0, 0.05) is 29.4 Å². The first-order valence-corrected chi connectivity index (χ1v) is 13.0. The van der Waals surface area contributed by atoms with E-state index in [-0.39, 0.29) is 6.54 Å². The zero-order valence-corrected chi connectivity index (χ0v) is 19.4. The molecule has 0 bridgehead atoms. The molecule has 3 aromatic rings. The molecule has 17 heteroatoms. The molecule has 1 fully saturated rings. The Kier molecular flexibility index (Phi) is 7.01. The van der Waals surface area contributed by atoms with Crippen molar-refractivity contribution in [1.29, 1.82) is 0 Å². The summed E-state index contributed by atoms with van der Waals surface area (Å²) in [4.78, 5) is 55.2. The number of phosphoric acid groups is 2. The minimum Gasteiger partial charge on any atom is -0.387 e. The van der Waals surface area contributed by atoms with Gasteiger partial charge in [-0.1, -0.05) is 18.2 Å². The van der Waals surface area contributed by atoms with Crippen LogP contribution in [0.4, 0.5) is 0 Å². The summed E-state index contributed by atoms with van der Waals surface area (Å²) in [5.41, 5.74) is -0.0322. The second-order valence-electron chi connectivity index (χ2n) is 7.67. The first-order chi connectivity index (χ1) is 16.4. The van der Waals surface area contributed by atoms with Crippen LogP contribution in [0.5, 0.6) is 0 Å². The largest absolute Gasteiger partial charge is 0.481 e. The first kappa shape index (κ1) is 25.7. The number of phosphoric ester groups is 1. The Hall–Kier alpha value is -2.42. The minimum atomic E-state index is -5.36. The second kappa shape index (κ2) is 9.56. The lowest BCUT2D eigenvalue weighted by molar-refractivity contribution is -0.0547. The average molecular weight is 533 g/mol. The maximum Gasteiger partial charge on any atom is 0.481 e. The summed E-state index contributed by atoms with van der Waals surface area (Å²) < 4.78 is 37.6. The number of aromatic amines is 1. The fourth-order valence-electron chi connectivity index (χ4n) is 3.73. The van der Waals surface area contributed by atoms with Crippen molar-refractivity contribution in [3.05, 3.63) is 69.1 Å². The summed E-state index contributed by atoms with van der Waals surface area (Å²) >= 11 is 0. The molecule has 35 heavy (non-hydrogen) atoms. The van der Waals surface area contributed by atoms with Gasteiger partial charge in [-0.25, -0.2) is 13.9 Å². The van der Waals surface area contributed by atoms with E-state index < -0.39 is 58.0 Å². The molecular weight excluding hydrogens is 512 g/mol. The molecule has 3 heterocycles. The second-order valence-corrected chi connectivity index (χ2v) is 10.5. The van der Waals surface area contributed by atoms with Crippen molar-refractivity contribution in [2.45, 2.75) is 31.1 Å². The molecule has 1 aliphatic heterocycles. The number of rotatable bonds is 8. The zero-order valence-electron chi connectivity index (χ0n) is 17.6. The zero-order chi connectivity index (χ0) is 25.5. The summed E-state index contributed by atoms with van der Waals surface area (Å²) in [7, 11) is -10.6. The summed E-state index contributed by atoms with van der Waals surface area (Å²) in [6, 6.07) is 8.33. The standard InChI is InChI=1S/C18H21N3O12P2/c22-14-5-6-20(18(25)21(14)8-10-7-19-12-4-2-1-3-11(10)12)17-16(24)15(23)13(32-17)9-31-35(29,30)33-34(26,27)28/h1-7,13,15-17,19,23-24H,8-9H2,(H,29,30)(H2,26,27,28)/t13-,15+,16+,17-/m1/s1. The van der Waals surface area contributed by atoms with Crippen molar-refractivity contribution in [3.63, 3.8) is 0 Å². The van der Waals surface area contributed by atoms with Crippen LogP contribution in [0.25, 0.3) is 10.9 Å². The summed E-state index contributed by atoms with van der Waals surface area (Å²) in [5, 5.41) is 21.5. The number of nitrogens with zero attached hydrogens (tertiary/aromatic N) is 2. The number of ether oxygens (including phenoxy) is 1. The Morgan fingerprint density at radius 2 is 1.77 bits per heavy atom. The molecule has 190 valence electrons. The number of benzene rings is 1.